The number of hydrogen-bond donors (Lipinski definition) is 1. The van der Waals surface area contributed by atoms with Gasteiger partial charge in [0.1, 0.15) is 6.61 Å². The summed E-state index contributed by atoms with van der Waals surface area (Å²) in [4.78, 5) is 1.32. The molecule has 0 bridgehead atoms. The molecule has 0 unspecified atom stereocenters. The van der Waals surface area contributed by atoms with Crippen LogP contribution in [0.15, 0.2) is 28.3 Å². The Kier molecular flexibility index (Phi) is 5.42. The Labute approximate surface area is 125 Å². The van der Waals surface area contributed by atoms with Crippen LogP contribution in [0.3, 0.4) is 0 Å². The average Bonchev–Trinajstić information content (AvgIpc) is 2.98. The van der Waals surface area contributed by atoms with Crippen molar-refractivity contribution in [3.8, 4) is 5.75 Å². The van der Waals surface area contributed by atoms with Crippen molar-refractivity contribution in [2.75, 3.05) is 13.2 Å². The van der Waals surface area contributed by atoms with Crippen LogP contribution < -0.4 is 10.1 Å². The van der Waals surface area contributed by atoms with Gasteiger partial charge in [-0.2, -0.15) is 5.10 Å². The van der Waals surface area contributed by atoms with Crippen LogP contribution in [0.25, 0.3) is 0 Å². The highest BCUT2D eigenvalue weighted by Gasteiger charge is 2.02. The first-order valence-corrected chi connectivity index (χ1v) is 7.93. The molecule has 0 aliphatic carbocycles. The Hall–Kier alpha value is -0.850. The summed E-state index contributed by atoms with van der Waals surface area (Å²) in [5, 5.41) is 9.68. The number of ether oxygens (including phenoxy) is 1. The topological polar surface area (TPSA) is 39.1 Å². The molecule has 6 heteroatoms. The summed E-state index contributed by atoms with van der Waals surface area (Å²) in [5.74, 6) is 0.828. The highest BCUT2D eigenvalue weighted by atomic mass is 79.9. The van der Waals surface area contributed by atoms with Crippen molar-refractivity contribution >= 4 is 27.3 Å². The Balaban J connectivity index is 1.63. The number of hydrogen-bond acceptors (Lipinski definition) is 4. The van der Waals surface area contributed by atoms with Gasteiger partial charge in [0.15, 0.2) is 5.75 Å². The first-order chi connectivity index (χ1) is 9.15. The molecule has 0 amide bonds. The molecule has 2 aromatic rings. The molecule has 4 nitrogen and oxygen atoms in total. The number of nitrogens with zero attached hydrogens (tertiary/aromatic N) is 2. The highest BCUT2D eigenvalue weighted by molar-refractivity contribution is 9.10. The average molecular weight is 344 g/mol. The summed E-state index contributed by atoms with van der Waals surface area (Å²) >= 11 is 5.19. The third-order valence-corrected chi connectivity index (χ3v) is 4.27. The Bertz CT molecular complexity index is 509. The van der Waals surface area contributed by atoms with Gasteiger partial charge in [-0.05, 0) is 35.8 Å². The first kappa shape index (κ1) is 14.6. The molecule has 104 valence electrons. The number of halogens is 1. The van der Waals surface area contributed by atoms with E-state index in [1.54, 1.807) is 17.5 Å². The van der Waals surface area contributed by atoms with Crippen LogP contribution in [0.4, 0.5) is 0 Å². The molecule has 0 aromatic carbocycles. The van der Waals surface area contributed by atoms with Gasteiger partial charge >= 0.3 is 0 Å². The number of rotatable bonds is 7. The Morgan fingerprint density at radius 3 is 3.00 bits per heavy atom. The standard InChI is InChI=1S/C13H18BrN3OS/c1-10(2)17-8-12(6-16-17)18-4-3-15-7-13-5-11(14)9-19-13/h5-6,8-10,15H,3-4,7H2,1-2H3. The molecule has 0 saturated heterocycles. The van der Waals surface area contributed by atoms with Crippen LogP contribution in [0.2, 0.25) is 0 Å². The van der Waals surface area contributed by atoms with Crippen LogP contribution in [0, 0.1) is 0 Å². The molecule has 2 heterocycles. The fourth-order valence-corrected chi connectivity index (χ4v) is 3.00. The lowest BCUT2D eigenvalue weighted by Crippen LogP contribution is -2.20. The van der Waals surface area contributed by atoms with Crippen molar-refractivity contribution in [3.63, 3.8) is 0 Å². The minimum Gasteiger partial charge on any atom is -0.489 e. The third-order valence-electron chi connectivity index (χ3n) is 2.58. The lowest BCUT2D eigenvalue weighted by Gasteiger charge is -2.05. The zero-order chi connectivity index (χ0) is 13.7. The van der Waals surface area contributed by atoms with Crippen LogP contribution in [-0.2, 0) is 6.54 Å². The highest BCUT2D eigenvalue weighted by Crippen LogP contribution is 2.19. The molecule has 0 fully saturated rings. The number of thiophene rings is 1. The monoisotopic (exact) mass is 343 g/mol. The second-order valence-electron chi connectivity index (χ2n) is 4.51. The van der Waals surface area contributed by atoms with E-state index in [1.807, 2.05) is 10.9 Å². The SMILES string of the molecule is CC(C)n1cc(OCCNCc2cc(Br)cs2)cn1. The summed E-state index contributed by atoms with van der Waals surface area (Å²) in [6.45, 7) is 6.54. The molecular formula is C13H18BrN3OS. The second kappa shape index (κ2) is 7.07. The van der Waals surface area contributed by atoms with Gasteiger partial charge < -0.3 is 10.1 Å². The van der Waals surface area contributed by atoms with Gasteiger partial charge in [0.2, 0.25) is 0 Å². The lowest BCUT2D eigenvalue weighted by atomic mass is 10.4. The fourth-order valence-electron chi connectivity index (χ4n) is 1.58. The quantitative estimate of drug-likeness (QED) is 0.782. The molecular weight excluding hydrogens is 326 g/mol. The normalized spacial score (nSPS) is 11.2. The van der Waals surface area contributed by atoms with E-state index in [1.165, 1.54) is 4.88 Å². The molecule has 0 spiro atoms. The van der Waals surface area contributed by atoms with Crippen molar-refractivity contribution in [1.82, 2.24) is 15.1 Å². The number of aromatic nitrogens is 2. The van der Waals surface area contributed by atoms with Gasteiger partial charge in [0.05, 0.1) is 12.4 Å². The predicted molar refractivity (Wildman–Crippen MR) is 81.8 cm³/mol. The van der Waals surface area contributed by atoms with Gasteiger partial charge in [-0.3, -0.25) is 4.68 Å². The van der Waals surface area contributed by atoms with E-state index in [2.05, 4.69) is 51.6 Å². The van der Waals surface area contributed by atoms with Crippen LogP contribution in [0.1, 0.15) is 24.8 Å². The summed E-state index contributed by atoms with van der Waals surface area (Å²) in [6, 6.07) is 2.50. The molecule has 0 saturated carbocycles. The van der Waals surface area contributed by atoms with Gasteiger partial charge in [-0.25, -0.2) is 0 Å². The van der Waals surface area contributed by atoms with Crippen molar-refractivity contribution in [2.45, 2.75) is 26.4 Å². The third kappa shape index (κ3) is 4.63. The molecule has 0 aliphatic rings. The zero-order valence-electron chi connectivity index (χ0n) is 11.1. The van der Waals surface area contributed by atoms with Crippen molar-refractivity contribution in [2.24, 2.45) is 0 Å². The maximum absolute atomic E-state index is 5.63. The first-order valence-electron chi connectivity index (χ1n) is 6.25. The van der Waals surface area contributed by atoms with Crippen molar-refractivity contribution < 1.29 is 4.74 Å². The summed E-state index contributed by atoms with van der Waals surface area (Å²) < 4.78 is 8.67. The second-order valence-corrected chi connectivity index (χ2v) is 6.42. The fraction of sp³-hybridized carbons (Fsp3) is 0.462. The van der Waals surface area contributed by atoms with E-state index in [4.69, 9.17) is 4.74 Å². The smallest absolute Gasteiger partial charge is 0.157 e. The van der Waals surface area contributed by atoms with E-state index >= 15 is 0 Å². The van der Waals surface area contributed by atoms with Gasteiger partial charge in [-0.1, -0.05) is 0 Å². The zero-order valence-corrected chi connectivity index (χ0v) is 13.5. The minimum absolute atomic E-state index is 0.368. The van der Waals surface area contributed by atoms with Crippen molar-refractivity contribution in [1.29, 1.82) is 0 Å². The molecule has 2 aromatic heterocycles. The van der Waals surface area contributed by atoms with Gasteiger partial charge in [0, 0.05) is 33.9 Å². The number of nitrogens with one attached hydrogen (secondary N) is 1. The van der Waals surface area contributed by atoms with E-state index in [9.17, 15) is 0 Å². The Morgan fingerprint density at radius 2 is 2.37 bits per heavy atom. The molecule has 19 heavy (non-hydrogen) atoms. The largest absolute Gasteiger partial charge is 0.489 e. The molecule has 0 aliphatic heterocycles. The van der Waals surface area contributed by atoms with E-state index in [0.29, 0.717) is 12.6 Å². The Morgan fingerprint density at radius 1 is 1.53 bits per heavy atom. The molecule has 1 N–H and O–H groups in total. The van der Waals surface area contributed by atoms with Crippen LogP contribution in [0.5, 0.6) is 5.75 Å². The van der Waals surface area contributed by atoms with Gasteiger partial charge in [-0.15, -0.1) is 11.3 Å². The summed E-state index contributed by atoms with van der Waals surface area (Å²) in [6.07, 6.45) is 3.69. The summed E-state index contributed by atoms with van der Waals surface area (Å²) in [7, 11) is 0. The van der Waals surface area contributed by atoms with E-state index in [-0.39, 0.29) is 0 Å². The van der Waals surface area contributed by atoms with E-state index < -0.39 is 0 Å². The van der Waals surface area contributed by atoms with Crippen LogP contribution in [-0.4, -0.2) is 22.9 Å². The molecule has 0 atom stereocenters. The predicted octanol–water partition coefficient (Wildman–Crippen LogP) is 3.46. The minimum atomic E-state index is 0.368. The van der Waals surface area contributed by atoms with E-state index in [0.717, 1.165) is 23.3 Å². The maximum Gasteiger partial charge on any atom is 0.157 e. The van der Waals surface area contributed by atoms with Gasteiger partial charge in [0.25, 0.3) is 0 Å². The van der Waals surface area contributed by atoms with Crippen LogP contribution >= 0.6 is 27.3 Å². The summed E-state index contributed by atoms with van der Waals surface area (Å²) in [5.41, 5.74) is 0. The van der Waals surface area contributed by atoms with Crippen molar-refractivity contribution in [3.05, 3.63) is 33.2 Å². The molecule has 2 rings (SSSR count). The molecule has 0 radical (unpaired) electrons. The lowest BCUT2D eigenvalue weighted by molar-refractivity contribution is 0.313. The maximum atomic E-state index is 5.63.